The predicted molar refractivity (Wildman–Crippen MR) is 93.2 cm³/mol. The van der Waals surface area contributed by atoms with Crippen LogP contribution in [0.3, 0.4) is 0 Å². The highest BCUT2D eigenvalue weighted by Gasteiger charge is 2.34. The molecule has 1 aromatic carbocycles. The highest BCUT2D eigenvalue weighted by Crippen LogP contribution is 2.25. The Hall–Kier alpha value is -1.39. The Morgan fingerprint density at radius 1 is 1.22 bits per heavy atom. The Balaban J connectivity index is 2.02. The maximum Gasteiger partial charge on any atom is 0.222 e. The van der Waals surface area contributed by atoms with E-state index in [0.717, 1.165) is 32.5 Å². The summed E-state index contributed by atoms with van der Waals surface area (Å²) in [5.41, 5.74) is 1.18. The lowest BCUT2D eigenvalue weighted by molar-refractivity contribution is -0.125. The van der Waals surface area contributed by atoms with Gasteiger partial charge < -0.3 is 15.4 Å². The van der Waals surface area contributed by atoms with Crippen LogP contribution in [-0.4, -0.2) is 31.2 Å². The van der Waals surface area contributed by atoms with E-state index >= 15 is 0 Å². The van der Waals surface area contributed by atoms with Crippen molar-refractivity contribution in [2.75, 3.05) is 19.8 Å². The van der Waals surface area contributed by atoms with E-state index in [1.165, 1.54) is 5.56 Å². The second-order valence-corrected chi connectivity index (χ2v) is 6.70. The number of carbonyl (C=O) groups excluding carboxylic acids is 1. The van der Waals surface area contributed by atoms with Crippen molar-refractivity contribution in [1.82, 2.24) is 10.6 Å². The number of rotatable bonds is 7. The molecule has 1 aliphatic rings. The molecular formula is C19H30N2O2. The van der Waals surface area contributed by atoms with Gasteiger partial charge in [0.25, 0.3) is 0 Å². The van der Waals surface area contributed by atoms with E-state index in [1.807, 2.05) is 19.9 Å². The third-order valence-corrected chi connectivity index (χ3v) is 4.93. The largest absolute Gasteiger partial charge is 0.381 e. The van der Waals surface area contributed by atoms with Crippen molar-refractivity contribution in [3.05, 3.63) is 35.9 Å². The summed E-state index contributed by atoms with van der Waals surface area (Å²) in [6.07, 6.45) is 2.71. The van der Waals surface area contributed by atoms with Crippen molar-refractivity contribution in [3.8, 4) is 0 Å². The molecule has 0 radical (unpaired) electrons. The average molecular weight is 318 g/mol. The van der Waals surface area contributed by atoms with Gasteiger partial charge in [0.05, 0.1) is 0 Å². The summed E-state index contributed by atoms with van der Waals surface area (Å²) in [6, 6.07) is 10.7. The highest BCUT2D eigenvalue weighted by molar-refractivity contribution is 5.78. The summed E-state index contributed by atoms with van der Waals surface area (Å²) in [7, 11) is 0. The zero-order valence-corrected chi connectivity index (χ0v) is 14.6. The van der Waals surface area contributed by atoms with Crippen LogP contribution in [0, 0.1) is 5.92 Å². The fourth-order valence-electron chi connectivity index (χ4n) is 3.03. The Bertz CT molecular complexity index is 483. The van der Waals surface area contributed by atoms with Gasteiger partial charge in [-0.1, -0.05) is 44.2 Å². The Labute approximate surface area is 140 Å². The zero-order valence-electron chi connectivity index (χ0n) is 14.6. The molecule has 2 atom stereocenters. The third-order valence-electron chi connectivity index (χ3n) is 4.93. The van der Waals surface area contributed by atoms with Gasteiger partial charge in [-0.3, -0.25) is 4.79 Å². The molecule has 1 saturated heterocycles. The molecule has 2 unspecified atom stereocenters. The number of benzene rings is 1. The maximum atomic E-state index is 12.1. The molecule has 1 aromatic rings. The lowest BCUT2D eigenvalue weighted by Gasteiger charge is -2.40. The number of amides is 1. The number of nitrogens with one attached hydrogen (secondary N) is 2. The van der Waals surface area contributed by atoms with E-state index in [4.69, 9.17) is 4.74 Å². The van der Waals surface area contributed by atoms with Crippen LogP contribution in [-0.2, 0) is 9.53 Å². The first-order valence-corrected chi connectivity index (χ1v) is 8.74. The van der Waals surface area contributed by atoms with Gasteiger partial charge in [-0.2, -0.15) is 0 Å². The summed E-state index contributed by atoms with van der Waals surface area (Å²) in [5.74, 6) is 0.214. The molecular weight excluding hydrogens is 288 g/mol. The molecule has 4 heteroatoms. The lowest BCUT2D eigenvalue weighted by atomic mass is 9.88. The summed E-state index contributed by atoms with van der Waals surface area (Å²) >= 11 is 0. The van der Waals surface area contributed by atoms with Crippen molar-refractivity contribution < 1.29 is 9.53 Å². The number of carbonyl (C=O) groups is 1. The normalized spacial score (nSPS) is 19.8. The first-order chi connectivity index (χ1) is 11.1. The van der Waals surface area contributed by atoms with E-state index < -0.39 is 0 Å². The monoisotopic (exact) mass is 318 g/mol. The average Bonchev–Trinajstić information content (AvgIpc) is 2.60. The smallest absolute Gasteiger partial charge is 0.222 e. The molecule has 128 valence electrons. The van der Waals surface area contributed by atoms with Gasteiger partial charge in [-0.05, 0) is 31.7 Å². The van der Waals surface area contributed by atoms with Gasteiger partial charge in [0.1, 0.15) is 0 Å². The molecule has 0 bridgehead atoms. The van der Waals surface area contributed by atoms with E-state index in [1.54, 1.807) is 0 Å². The van der Waals surface area contributed by atoms with Crippen molar-refractivity contribution >= 4 is 5.91 Å². The second-order valence-electron chi connectivity index (χ2n) is 6.70. The molecule has 1 amide bonds. The first kappa shape index (κ1) is 18.0. The van der Waals surface area contributed by atoms with Crippen LogP contribution >= 0.6 is 0 Å². The summed E-state index contributed by atoms with van der Waals surface area (Å²) in [5, 5.41) is 6.91. The molecule has 1 fully saturated rings. The fourth-order valence-corrected chi connectivity index (χ4v) is 3.03. The van der Waals surface area contributed by atoms with Crippen LogP contribution in [0.15, 0.2) is 30.3 Å². The fraction of sp³-hybridized carbons (Fsp3) is 0.632. The van der Waals surface area contributed by atoms with Crippen molar-refractivity contribution in [3.63, 3.8) is 0 Å². The molecule has 0 spiro atoms. The molecule has 23 heavy (non-hydrogen) atoms. The summed E-state index contributed by atoms with van der Waals surface area (Å²) < 4.78 is 5.53. The maximum absolute atomic E-state index is 12.1. The van der Waals surface area contributed by atoms with Gasteiger partial charge >= 0.3 is 0 Å². The molecule has 1 heterocycles. The van der Waals surface area contributed by atoms with Crippen LogP contribution in [0.4, 0.5) is 0 Å². The zero-order chi connectivity index (χ0) is 16.7. The van der Waals surface area contributed by atoms with Crippen LogP contribution in [0.25, 0.3) is 0 Å². The van der Waals surface area contributed by atoms with E-state index in [0.29, 0.717) is 6.54 Å². The molecule has 4 nitrogen and oxygen atoms in total. The van der Waals surface area contributed by atoms with Gasteiger partial charge in [0.15, 0.2) is 0 Å². The summed E-state index contributed by atoms with van der Waals surface area (Å²) in [4.78, 5) is 12.1. The van der Waals surface area contributed by atoms with E-state index in [9.17, 15) is 4.79 Å². The molecule has 0 aliphatic carbocycles. The van der Waals surface area contributed by atoms with Gasteiger partial charge in [-0.25, -0.2) is 0 Å². The minimum Gasteiger partial charge on any atom is -0.381 e. The highest BCUT2D eigenvalue weighted by atomic mass is 16.5. The third kappa shape index (κ3) is 5.05. The standard InChI is InChI=1S/C19H30N2O2/c1-4-15(2)18(22)20-14-19(10-12-23-13-11-19)21-16(3)17-8-6-5-7-9-17/h5-9,15-16,21H,4,10-14H2,1-3H3,(H,20,22). The number of hydrogen-bond acceptors (Lipinski definition) is 3. The molecule has 1 aliphatic heterocycles. The molecule has 0 aromatic heterocycles. The van der Waals surface area contributed by atoms with E-state index in [-0.39, 0.29) is 23.4 Å². The second kappa shape index (κ2) is 8.46. The van der Waals surface area contributed by atoms with Crippen molar-refractivity contribution in [2.24, 2.45) is 5.92 Å². The van der Waals surface area contributed by atoms with Gasteiger partial charge in [-0.15, -0.1) is 0 Å². The van der Waals surface area contributed by atoms with Crippen LogP contribution < -0.4 is 10.6 Å². The Morgan fingerprint density at radius 3 is 2.48 bits per heavy atom. The number of hydrogen-bond donors (Lipinski definition) is 2. The molecule has 0 saturated carbocycles. The number of ether oxygens (including phenoxy) is 1. The van der Waals surface area contributed by atoms with Crippen LogP contribution in [0.5, 0.6) is 0 Å². The van der Waals surface area contributed by atoms with Gasteiger partial charge in [0.2, 0.25) is 5.91 Å². The Morgan fingerprint density at radius 2 is 1.87 bits per heavy atom. The SMILES string of the molecule is CCC(C)C(=O)NCC1(NC(C)c2ccccc2)CCOCC1. The van der Waals surface area contributed by atoms with Crippen LogP contribution in [0.2, 0.25) is 0 Å². The minimum atomic E-state index is -0.0867. The topological polar surface area (TPSA) is 50.4 Å². The predicted octanol–water partition coefficient (Wildman–Crippen LogP) is 3.05. The Kier molecular flexibility index (Phi) is 6.60. The first-order valence-electron chi connectivity index (χ1n) is 8.74. The van der Waals surface area contributed by atoms with Crippen molar-refractivity contribution in [2.45, 2.75) is 51.6 Å². The van der Waals surface area contributed by atoms with E-state index in [2.05, 4.69) is 41.8 Å². The minimum absolute atomic E-state index is 0.0680. The lowest BCUT2D eigenvalue weighted by Crippen LogP contribution is -2.57. The molecule has 2 N–H and O–H groups in total. The quantitative estimate of drug-likeness (QED) is 0.812. The van der Waals surface area contributed by atoms with Crippen LogP contribution in [0.1, 0.15) is 51.6 Å². The molecule has 2 rings (SSSR count). The summed E-state index contributed by atoms with van der Waals surface area (Å²) in [6.45, 7) is 8.36. The van der Waals surface area contributed by atoms with Gasteiger partial charge in [0, 0.05) is 37.3 Å². The van der Waals surface area contributed by atoms with Crippen molar-refractivity contribution in [1.29, 1.82) is 0 Å².